The Morgan fingerprint density at radius 2 is 1.86 bits per heavy atom. The summed E-state index contributed by atoms with van der Waals surface area (Å²) in [5.74, 6) is 0.909. The molecule has 0 aromatic heterocycles. The van der Waals surface area contributed by atoms with Gasteiger partial charge in [-0.3, -0.25) is 14.6 Å². The molecule has 0 radical (unpaired) electrons. The maximum absolute atomic E-state index is 12.7. The summed E-state index contributed by atoms with van der Waals surface area (Å²) in [4.78, 5) is 32.6. The van der Waals surface area contributed by atoms with Crippen LogP contribution >= 0.6 is 0 Å². The molecule has 8 nitrogen and oxygen atoms in total. The Balaban J connectivity index is 1.28. The fourth-order valence-electron chi connectivity index (χ4n) is 4.45. The second kappa shape index (κ2) is 8.90. The number of piperidine rings is 1. The number of anilines is 1. The largest absolute Gasteiger partial charge is 0.497 e. The van der Waals surface area contributed by atoms with Crippen molar-refractivity contribution in [3.05, 3.63) is 24.3 Å². The number of methoxy groups -OCH3 is 1. The van der Waals surface area contributed by atoms with Crippen molar-refractivity contribution >= 4 is 17.7 Å². The molecular formula is C21H30N4O4. The number of hydrogen-bond acceptors (Lipinski definition) is 6. The third kappa shape index (κ3) is 4.58. The molecule has 0 unspecified atom stereocenters. The summed E-state index contributed by atoms with van der Waals surface area (Å²) in [5.41, 5.74) is 1.23. The molecule has 3 saturated heterocycles. The number of ether oxygens (including phenoxy) is 2. The molecule has 1 aromatic rings. The number of hydrogen-bond donors (Lipinski definition) is 0. The van der Waals surface area contributed by atoms with Crippen LogP contribution in [-0.4, -0.2) is 98.8 Å². The van der Waals surface area contributed by atoms with Gasteiger partial charge in [0.05, 0.1) is 13.7 Å². The Labute approximate surface area is 171 Å². The van der Waals surface area contributed by atoms with Gasteiger partial charge < -0.3 is 19.3 Å². The van der Waals surface area contributed by atoms with E-state index in [9.17, 15) is 9.59 Å². The number of likely N-dealkylation sites (tertiary alicyclic amines) is 1. The molecule has 8 heteroatoms. The third-order valence-corrected chi connectivity index (χ3v) is 6.19. The van der Waals surface area contributed by atoms with E-state index in [1.54, 1.807) is 7.11 Å². The van der Waals surface area contributed by atoms with Crippen LogP contribution in [0.4, 0.5) is 10.5 Å². The lowest BCUT2D eigenvalue weighted by molar-refractivity contribution is -0.133. The highest BCUT2D eigenvalue weighted by Gasteiger charge is 2.32. The number of cyclic esters (lactones) is 1. The minimum Gasteiger partial charge on any atom is -0.497 e. The fraction of sp³-hybridized carbons (Fsp3) is 0.619. The van der Waals surface area contributed by atoms with Gasteiger partial charge in [0.2, 0.25) is 5.91 Å². The van der Waals surface area contributed by atoms with Crippen LogP contribution in [0.5, 0.6) is 5.75 Å². The molecule has 0 saturated carbocycles. The van der Waals surface area contributed by atoms with Crippen LogP contribution < -0.4 is 9.64 Å². The first kappa shape index (κ1) is 19.8. The van der Waals surface area contributed by atoms with Gasteiger partial charge in [-0.15, -0.1) is 0 Å². The zero-order valence-corrected chi connectivity index (χ0v) is 17.1. The smallest absolute Gasteiger partial charge is 0.410 e. The number of carbonyl (C=O) groups is 2. The Morgan fingerprint density at radius 1 is 1.10 bits per heavy atom. The monoisotopic (exact) mass is 402 g/mol. The second-order valence-electron chi connectivity index (χ2n) is 7.89. The van der Waals surface area contributed by atoms with Crippen LogP contribution in [0.2, 0.25) is 0 Å². The number of nitrogens with zero attached hydrogens (tertiary/aromatic N) is 4. The van der Waals surface area contributed by atoms with E-state index in [2.05, 4.69) is 21.9 Å². The molecule has 3 heterocycles. The van der Waals surface area contributed by atoms with E-state index >= 15 is 0 Å². The van der Waals surface area contributed by atoms with Crippen molar-refractivity contribution < 1.29 is 19.1 Å². The summed E-state index contributed by atoms with van der Waals surface area (Å²) in [6.07, 6.45) is 1.76. The summed E-state index contributed by atoms with van der Waals surface area (Å²) in [5, 5.41) is 0. The van der Waals surface area contributed by atoms with Crippen molar-refractivity contribution in [1.29, 1.82) is 0 Å². The summed E-state index contributed by atoms with van der Waals surface area (Å²) >= 11 is 0. The van der Waals surface area contributed by atoms with Crippen molar-refractivity contribution in [1.82, 2.24) is 14.7 Å². The normalized spacial score (nSPS) is 23.3. The van der Waals surface area contributed by atoms with E-state index in [0.29, 0.717) is 19.2 Å². The van der Waals surface area contributed by atoms with Crippen molar-refractivity contribution in [2.75, 3.05) is 71.0 Å². The standard InChI is InChI=1S/C21H30N4O4/c1-28-19-6-4-17(5-7-19)22-9-11-23(12-10-22)18-3-2-8-24(15-18)20(26)16-25-13-14-29-21(25)27/h4-7,18H,2-3,8-16H2,1H3/t18-/m1/s1. The lowest BCUT2D eigenvalue weighted by Gasteiger charge is -2.44. The van der Waals surface area contributed by atoms with E-state index in [1.807, 2.05) is 17.0 Å². The molecule has 3 aliphatic rings. The highest BCUT2D eigenvalue weighted by molar-refractivity contribution is 5.83. The van der Waals surface area contributed by atoms with Gasteiger partial charge in [-0.25, -0.2) is 4.79 Å². The van der Waals surface area contributed by atoms with Crippen LogP contribution in [0.25, 0.3) is 0 Å². The average Bonchev–Trinajstić information content (AvgIpc) is 3.18. The average molecular weight is 402 g/mol. The van der Waals surface area contributed by atoms with Crippen molar-refractivity contribution in [2.24, 2.45) is 0 Å². The quantitative estimate of drug-likeness (QED) is 0.739. The first-order valence-corrected chi connectivity index (χ1v) is 10.5. The molecule has 158 valence electrons. The van der Waals surface area contributed by atoms with Gasteiger partial charge in [-0.05, 0) is 37.1 Å². The zero-order valence-electron chi connectivity index (χ0n) is 17.1. The van der Waals surface area contributed by atoms with Gasteiger partial charge in [-0.1, -0.05) is 0 Å². The first-order valence-electron chi connectivity index (χ1n) is 10.5. The Morgan fingerprint density at radius 3 is 2.52 bits per heavy atom. The lowest BCUT2D eigenvalue weighted by Crippen LogP contribution is -2.56. The predicted octanol–water partition coefficient (Wildman–Crippen LogP) is 1.26. The summed E-state index contributed by atoms with van der Waals surface area (Å²) < 4.78 is 10.2. The summed E-state index contributed by atoms with van der Waals surface area (Å²) in [6.45, 7) is 6.52. The van der Waals surface area contributed by atoms with Crippen LogP contribution in [-0.2, 0) is 9.53 Å². The highest BCUT2D eigenvalue weighted by atomic mass is 16.6. The van der Waals surface area contributed by atoms with Gasteiger partial charge in [-0.2, -0.15) is 0 Å². The van der Waals surface area contributed by atoms with Gasteiger partial charge >= 0.3 is 6.09 Å². The SMILES string of the molecule is COc1ccc(N2CCN([C@@H]3CCCN(C(=O)CN4CCOC4=O)C3)CC2)cc1. The Bertz CT molecular complexity index is 718. The number of piperazine rings is 1. The van der Waals surface area contributed by atoms with E-state index in [-0.39, 0.29) is 18.5 Å². The molecular weight excluding hydrogens is 372 g/mol. The van der Waals surface area contributed by atoms with E-state index < -0.39 is 0 Å². The van der Waals surface area contributed by atoms with Gasteiger partial charge in [0.25, 0.3) is 0 Å². The van der Waals surface area contributed by atoms with E-state index in [1.165, 1.54) is 10.6 Å². The number of rotatable bonds is 5. The van der Waals surface area contributed by atoms with Crippen LogP contribution in [0.1, 0.15) is 12.8 Å². The third-order valence-electron chi connectivity index (χ3n) is 6.19. The number of benzene rings is 1. The van der Waals surface area contributed by atoms with Crippen molar-refractivity contribution in [3.8, 4) is 5.75 Å². The molecule has 1 aromatic carbocycles. The Kier molecular flexibility index (Phi) is 6.08. The Hall–Kier alpha value is -2.48. The number of amides is 2. The van der Waals surface area contributed by atoms with Crippen LogP contribution in [0.3, 0.4) is 0 Å². The first-order chi connectivity index (χ1) is 14.1. The molecule has 29 heavy (non-hydrogen) atoms. The predicted molar refractivity (Wildman–Crippen MR) is 109 cm³/mol. The second-order valence-corrected chi connectivity index (χ2v) is 7.89. The molecule has 0 bridgehead atoms. The molecule has 3 fully saturated rings. The maximum Gasteiger partial charge on any atom is 0.410 e. The van der Waals surface area contributed by atoms with Crippen molar-refractivity contribution in [3.63, 3.8) is 0 Å². The number of carbonyl (C=O) groups excluding carboxylic acids is 2. The van der Waals surface area contributed by atoms with Crippen LogP contribution in [0.15, 0.2) is 24.3 Å². The minimum atomic E-state index is -0.374. The van der Waals surface area contributed by atoms with Gasteiger partial charge in [0.1, 0.15) is 18.9 Å². The van der Waals surface area contributed by atoms with Crippen molar-refractivity contribution in [2.45, 2.75) is 18.9 Å². The van der Waals surface area contributed by atoms with E-state index in [0.717, 1.165) is 57.9 Å². The van der Waals surface area contributed by atoms with E-state index in [4.69, 9.17) is 9.47 Å². The molecule has 3 aliphatic heterocycles. The highest BCUT2D eigenvalue weighted by Crippen LogP contribution is 2.23. The molecule has 0 spiro atoms. The summed E-state index contributed by atoms with van der Waals surface area (Å²) in [6, 6.07) is 8.62. The molecule has 0 N–H and O–H groups in total. The van der Waals surface area contributed by atoms with Gasteiger partial charge in [0.15, 0.2) is 0 Å². The minimum absolute atomic E-state index is 0.0328. The van der Waals surface area contributed by atoms with Crippen LogP contribution in [0, 0.1) is 0 Å². The van der Waals surface area contributed by atoms with Gasteiger partial charge in [0, 0.05) is 51.0 Å². The fourth-order valence-corrected chi connectivity index (χ4v) is 4.45. The molecule has 4 rings (SSSR count). The maximum atomic E-state index is 12.7. The lowest BCUT2D eigenvalue weighted by atomic mass is 10.0. The topological polar surface area (TPSA) is 65.6 Å². The summed E-state index contributed by atoms with van der Waals surface area (Å²) in [7, 11) is 1.68. The molecule has 1 atom stereocenters. The molecule has 2 amide bonds. The molecule has 0 aliphatic carbocycles. The zero-order chi connectivity index (χ0) is 20.2.